The average Bonchev–Trinajstić information content (AvgIpc) is 3.43. The zero-order valence-electron chi connectivity index (χ0n) is 18.0. The van der Waals surface area contributed by atoms with Crippen molar-refractivity contribution in [1.29, 1.82) is 0 Å². The van der Waals surface area contributed by atoms with Crippen molar-refractivity contribution in [2.45, 2.75) is 26.2 Å². The lowest BCUT2D eigenvalue weighted by molar-refractivity contribution is 0.343. The molecule has 2 aromatic carbocycles. The van der Waals surface area contributed by atoms with E-state index in [1.807, 2.05) is 25.1 Å². The molecule has 32 heavy (non-hydrogen) atoms. The number of anilines is 4. The lowest BCUT2D eigenvalue weighted by atomic mass is 10.1. The summed E-state index contributed by atoms with van der Waals surface area (Å²) in [4.78, 5) is 25.7. The molecule has 0 saturated carbocycles. The third-order valence-electron chi connectivity index (χ3n) is 5.75. The Hall–Kier alpha value is -3.65. The molecule has 8 heteroatoms. The molecule has 4 aromatic rings. The number of hydrogen-bond acceptors (Lipinski definition) is 7. The van der Waals surface area contributed by atoms with Gasteiger partial charge in [-0.2, -0.15) is 4.98 Å². The van der Waals surface area contributed by atoms with E-state index in [2.05, 4.69) is 48.7 Å². The number of oxazole rings is 1. The normalized spacial score (nSPS) is 14.2. The number of likely N-dealkylation sites (tertiary alicyclic amines) is 1. The Morgan fingerprint density at radius 3 is 2.81 bits per heavy atom. The molecule has 164 valence electrons. The summed E-state index contributed by atoms with van der Waals surface area (Å²) in [7, 11) is 0. The summed E-state index contributed by atoms with van der Waals surface area (Å²) < 4.78 is 5.06. The second-order valence-corrected chi connectivity index (χ2v) is 8.20. The number of fused-ring (bicyclic) bond motifs is 1. The highest BCUT2D eigenvalue weighted by Crippen LogP contribution is 2.23. The minimum Gasteiger partial charge on any atom is -0.408 e. The van der Waals surface area contributed by atoms with E-state index in [1.165, 1.54) is 31.5 Å². The molecule has 3 heterocycles. The third-order valence-corrected chi connectivity index (χ3v) is 5.75. The molecule has 0 spiro atoms. The molecular weight excluding hydrogens is 404 g/mol. The van der Waals surface area contributed by atoms with E-state index in [-0.39, 0.29) is 0 Å². The van der Waals surface area contributed by atoms with Crippen LogP contribution >= 0.6 is 0 Å². The van der Waals surface area contributed by atoms with Gasteiger partial charge in [0, 0.05) is 29.7 Å². The first-order valence-corrected chi connectivity index (χ1v) is 10.9. The molecule has 2 aromatic heterocycles. The van der Waals surface area contributed by atoms with Gasteiger partial charge in [0.15, 0.2) is 5.58 Å². The largest absolute Gasteiger partial charge is 0.417 e. The molecule has 1 aliphatic rings. The molecule has 0 bridgehead atoms. The van der Waals surface area contributed by atoms with Gasteiger partial charge in [-0.3, -0.25) is 4.98 Å². The summed E-state index contributed by atoms with van der Waals surface area (Å²) in [5.74, 6) is 0.745. The number of nitrogens with one attached hydrogen (secondary N) is 3. The number of aromatic amines is 1. The molecule has 0 unspecified atom stereocenters. The summed E-state index contributed by atoms with van der Waals surface area (Å²) in [6.07, 6.45) is 5.45. The Bertz CT molecular complexity index is 1290. The highest BCUT2D eigenvalue weighted by Gasteiger charge is 2.11. The molecule has 0 amide bonds. The second-order valence-electron chi connectivity index (χ2n) is 8.20. The van der Waals surface area contributed by atoms with Gasteiger partial charge in [-0.1, -0.05) is 12.1 Å². The lowest BCUT2D eigenvalue weighted by Gasteiger charge is -2.15. The van der Waals surface area contributed by atoms with Crippen LogP contribution in [0.1, 0.15) is 24.0 Å². The van der Waals surface area contributed by atoms with E-state index in [1.54, 1.807) is 12.3 Å². The number of aromatic nitrogens is 3. The number of rotatable bonds is 7. The topological polar surface area (TPSA) is 99.1 Å². The summed E-state index contributed by atoms with van der Waals surface area (Å²) >= 11 is 0. The van der Waals surface area contributed by atoms with Gasteiger partial charge in [0.2, 0.25) is 5.95 Å². The quantitative estimate of drug-likeness (QED) is 0.401. The molecular formula is C24H26N6O2. The van der Waals surface area contributed by atoms with Crippen molar-refractivity contribution in [3.8, 4) is 0 Å². The molecule has 0 aliphatic carbocycles. The average molecular weight is 431 g/mol. The SMILES string of the molecule is Cc1cnc(Nc2cccc(CCN3CCCC3)c2)nc1Nc1ccc2oc(=O)[nH]c2c1. The highest BCUT2D eigenvalue weighted by molar-refractivity contribution is 5.78. The maximum Gasteiger partial charge on any atom is 0.417 e. The Balaban J connectivity index is 1.29. The van der Waals surface area contributed by atoms with Gasteiger partial charge in [-0.15, -0.1) is 0 Å². The van der Waals surface area contributed by atoms with Crippen LogP contribution in [0.2, 0.25) is 0 Å². The molecule has 1 saturated heterocycles. The molecule has 0 radical (unpaired) electrons. The van der Waals surface area contributed by atoms with Gasteiger partial charge in [0.1, 0.15) is 5.82 Å². The van der Waals surface area contributed by atoms with E-state index in [0.717, 1.165) is 29.9 Å². The van der Waals surface area contributed by atoms with Crippen LogP contribution in [0.4, 0.5) is 23.1 Å². The Kier molecular flexibility index (Phi) is 5.60. The van der Waals surface area contributed by atoms with Crippen LogP contribution < -0.4 is 16.4 Å². The smallest absolute Gasteiger partial charge is 0.408 e. The van der Waals surface area contributed by atoms with Crippen molar-refractivity contribution in [2.75, 3.05) is 30.3 Å². The fourth-order valence-corrected chi connectivity index (χ4v) is 4.02. The lowest BCUT2D eigenvalue weighted by Crippen LogP contribution is -2.21. The predicted molar refractivity (Wildman–Crippen MR) is 126 cm³/mol. The Labute approximate surface area is 185 Å². The minimum atomic E-state index is -0.468. The first kappa shape index (κ1) is 20.3. The van der Waals surface area contributed by atoms with Gasteiger partial charge < -0.3 is 20.0 Å². The fraction of sp³-hybridized carbons (Fsp3) is 0.292. The van der Waals surface area contributed by atoms with Gasteiger partial charge >= 0.3 is 5.76 Å². The Morgan fingerprint density at radius 1 is 1.09 bits per heavy atom. The fourth-order valence-electron chi connectivity index (χ4n) is 4.02. The second kappa shape index (κ2) is 8.84. The van der Waals surface area contributed by atoms with E-state index in [4.69, 9.17) is 4.42 Å². The number of H-pyrrole nitrogens is 1. The van der Waals surface area contributed by atoms with Crippen LogP contribution in [0.25, 0.3) is 11.1 Å². The van der Waals surface area contributed by atoms with Crippen LogP contribution in [0.15, 0.2) is 57.9 Å². The van der Waals surface area contributed by atoms with E-state index >= 15 is 0 Å². The van der Waals surface area contributed by atoms with Crippen molar-refractivity contribution >= 4 is 34.2 Å². The van der Waals surface area contributed by atoms with Gasteiger partial charge in [-0.05, 0) is 75.2 Å². The Morgan fingerprint density at radius 2 is 1.94 bits per heavy atom. The van der Waals surface area contributed by atoms with E-state index in [0.29, 0.717) is 22.9 Å². The molecule has 5 rings (SSSR count). The third kappa shape index (κ3) is 4.65. The summed E-state index contributed by atoms with van der Waals surface area (Å²) in [6.45, 7) is 5.48. The maximum absolute atomic E-state index is 11.4. The number of aryl methyl sites for hydroxylation is 1. The van der Waals surface area contributed by atoms with E-state index in [9.17, 15) is 4.79 Å². The predicted octanol–water partition coefficient (Wildman–Crippen LogP) is 4.35. The monoisotopic (exact) mass is 430 g/mol. The van der Waals surface area contributed by atoms with Crippen LogP contribution in [0.3, 0.4) is 0 Å². The minimum absolute atomic E-state index is 0.468. The molecule has 1 aliphatic heterocycles. The molecule has 1 fully saturated rings. The van der Waals surface area contributed by atoms with Crippen LogP contribution in [-0.2, 0) is 6.42 Å². The van der Waals surface area contributed by atoms with Crippen molar-refractivity contribution < 1.29 is 4.42 Å². The van der Waals surface area contributed by atoms with Gasteiger partial charge in [0.05, 0.1) is 5.52 Å². The van der Waals surface area contributed by atoms with Crippen LogP contribution in [0.5, 0.6) is 0 Å². The number of hydrogen-bond donors (Lipinski definition) is 3. The molecule has 3 N–H and O–H groups in total. The molecule has 8 nitrogen and oxygen atoms in total. The van der Waals surface area contributed by atoms with Crippen LogP contribution in [-0.4, -0.2) is 39.5 Å². The number of nitrogens with zero attached hydrogens (tertiary/aromatic N) is 3. The van der Waals surface area contributed by atoms with Crippen molar-refractivity contribution in [2.24, 2.45) is 0 Å². The highest BCUT2D eigenvalue weighted by atomic mass is 16.4. The van der Waals surface area contributed by atoms with Gasteiger partial charge in [-0.25, -0.2) is 9.78 Å². The summed E-state index contributed by atoms with van der Waals surface area (Å²) in [5, 5.41) is 6.62. The van der Waals surface area contributed by atoms with Crippen LogP contribution in [0, 0.1) is 6.92 Å². The maximum atomic E-state index is 11.4. The summed E-state index contributed by atoms with van der Waals surface area (Å²) in [5.41, 5.74) is 5.13. The standard InChI is InChI=1S/C24H26N6O2/c1-16-15-25-23(27-18-6-4-5-17(13-18)9-12-30-10-2-3-11-30)29-22(16)26-19-7-8-21-20(14-19)28-24(31)32-21/h4-8,13-15H,2-3,9-12H2,1H3,(H,28,31)(H2,25,26,27,29). The van der Waals surface area contributed by atoms with Gasteiger partial charge in [0.25, 0.3) is 0 Å². The van der Waals surface area contributed by atoms with Crippen molar-refractivity contribution in [3.63, 3.8) is 0 Å². The van der Waals surface area contributed by atoms with Crippen molar-refractivity contribution in [1.82, 2.24) is 19.9 Å². The zero-order chi connectivity index (χ0) is 21.9. The molecule has 0 atom stereocenters. The van der Waals surface area contributed by atoms with Crippen molar-refractivity contribution in [3.05, 3.63) is 70.3 Å². The zero-order valence-corrected chi connectivity index (χ0v) is 18.0. The first-order chi connectivity index (χ1) is 15.6. The van der Waals surface area contributed by atoms with E-state index < -0.39 is 5.76 Å². The first-order valence-electron chi connectivity index (χ1n) is 10.9. The summed E-state index contributed by atoms with van der Waals surface area (Å²) in [6, 6.07) is 13.8. The number of benzene rings is 2.